The smallest absolute Gasteiger partial charge is 0.0320 e. The van der Waals surface area contributed by atoms with E-state index in [0.29, 0.717) is 12.1 Å². The van der Waals surface area contributed by atoms with Crippen LogP contribution in [0, 0.1) is 6.92 Å². The van der Waals surface area contributed by atoms with Gasteiger partial charge in [-0.05, 0) is 25.8 Å². The maximum absolute atomic E-state index is 5.93. The molecule has 0 spiro atoms. The van der Waals surface area contributed by atoms with E-state index in [4.69, 9.17) is 5.73 Å². The van der Waals surface area contributed by atoms with Gasteiger partial charge in [-0.2, -0.15) is 0 Å². The molecule has 1 fully saturated rings. The topological polar surface area (TPSA) is 29.3 Å². The molecule has 1 aromatic rings. The molecule has 0 aromatic heterocycles. The van der Waals surface area contributed by atoms with Crippen LogP contribution in [-0.2, 0) is 0 Å². The second-order valence-electron chi connectivity index (χ2n) is 4.63. The fourth-order valence-electron chi connectivity index (χ4n) is 2.31. The van der Waals surface area contributed by atoms with E-state index in [1.54, 1.807) is 0 Å². The highest BCUT2D eigenvalue weighted by molar-refractivity contribution is 5.85. The Hall–Kier alpha value is -0.570. The van der Waals surface area contributed by atoms with Crippen LogP contribution in [0.4, 0.5) is 0 Å². The number of benzene rings is 1. The van der Waals surface area contributed by atoms with Crippen molar-refractivity contribution < 1.29 is 0 Å². The molecule has 3 heteroatoms. The predicted octanol–water partition coefficient (Wildman–Crippen LogP) is 2.51. The van der Waals surface area contributed by atoms with E-state index in [1.807, 2.05) is 0 Å². The largest absolute Gasteiger partial charge is 0.326 e. The van der Waals surface area contributed by atoms with Crippen LogP contribution in [0.2, 0.25) is 0 Å². The molecule has 0 aliphatic carbocycles. The minimum Gasteiger partial charge on any atom is -0.326 e. The average molecular weight is 241 g/mol. The number of nitrogens with two attached hydrogens (primary N) is 1. The molecule has 1 aliphatic rings. The van der Waals surface area contributed by atoms with Crippen molar-refractivity contribution >= 4 is 12.4 Å². The molecule has 0 radical (unpaired) electrons. The third-order valence-electron chi connectivity index (χ3n) is 3.33. The second kappa shape index (κ2) is 5.67. The van der Waals surface area contributed by atoms with Crippen molar-refractivity contribution in [2.45, 2.75) is 32.4 Å². The molecule has 16 heavy (non-hydrogen) atoms. The Balaban J connectivity index is 0.00000128. The van der Waals surface area contributed by atoms with Crippen LogP contribution in [0.1, 0.15) is 30.5 Å². The van der Waals surface area contributed by atoms with Crippen LogP contribution in [0.15, 0.2) is 24.3 Å². The van der Waals surface area contributed by atoms with E-state index in [1.165, 1.54) is 11.1 Å². The molecular formula is C13H21ClN2. The van der Waals surface area contributed by atoms with Gasteiger partial charge in [0.2, 0.25) is 0 Å². The molecule has 1 aliphatic heterocycles. The Bertz CT molecular complexity index is 340. The van der Waals surface area contributed by atoms with Crippen LogP contribution >= 0.6 is 12.4 Å². The highest BCUT2D eigenvalue weighted by atomic mass is 35.5. The fraction of sp³-hybridized carbons (Fsp3) is 0.538. The van der Waals surface area contributed by atoms with E-state index < -0.39 is 0 Å². The van der Waals surface area contributed by atoms with E-state index in [2.05, 4.69) is 43.0 Å². The fourth-order valence-corrected chi connectivity index (χ4v) is 2.31. The average Bonchev–Trinajstić information content (AvgIpc) is 2.64. The van der Waals surface area contributed by atoms with Gasteiger partial charge in [0.05, 0.1) is 0 Å². The maximum atomic E-state index is 5.93. The number of likely N-dealkylation sites (tertiary alicyclic amines) is 1. The van der Waals surface area contributed by atoms with Gasteiger partial charge in [-0.25, -0.2) is 0 Å². The molecule has 0 saturated carbocycles. The van der Waals surface area contributed by atoms with Crippen LogP contribution in [0.5, 0.6) is 0 Å². The van der Waals surface area contributed by atoms with E-state index in [-0.39, 0.29) is 12.4 Å². The Morgan fingerprint density at radius 1 is 1.44 bits per heavy atom. The lowest BCUT2D eigenvalue weighted by Crippen LogP contribution is -2.28. The molecule has 2 atom stereocenters. The van der Waals surface area contributed by atoms with E-state index in [0.717, 1.165) is 19.5 Å². The summed E-state index contributed by atoms with van der Waals surface area (Å²) in [6, 6.07) is 9.63. The summed E-state index contributed by atoms with van der Waals surface area (Å²) >= 11 is 0. The molecule has 90 valence electrons. The summed E-state index contributed by atoms with van der Waals surface area (Å²) < 4.78 is 0. The summed E-state index contributed by atoms with van der Waals surface area (Å²) in [7, 11) is 0. The molecule has 0 amide bonds. The summed E-state index contributed by atoms with van der Waals surface area (Å²) in [4.78, 5) is 2.47. The molecule has 0 bridgehead atoms. The van der Waals surface area contributed by atoms with Crippen LogP contribution in [0.3, 0.4) is 0 Å². The Labute approximate surface area is 104 Å². The van der Waals surface area contributed by atoms with Crippen LogP contribution in [-0.4, -0.2) is 24.0 Å². The maximum Gasteiger partial charge on any atom is 0.0320 e. The third-order valence-corrected chi connectivity index (χ3v) is 3.33. The standard InChI is InChI=1S/C13H20N2.ClH/c1-10-4-3-5-12(8-10)11(2)15-7-6-13(14)9-15;/h3-5,8,11,13H,6-7,9,14H2,1-2H3;1H/t11?,13-;/m1./s1. The van der Waals surface area contributed by atoms with Gasteiger partial charge in [-0.3, -0.25) is 4.90 Å². The molecule has 1 unspecified atom stereocenters. The zero-order valence-corrected chi connectivity index (χ0v) is 10.8. The van der Waals surface area contributed by atoms with Crippen LogP contribution < -0.4 is 5.73 Å². The van der Waals surface area contributed by atoms with E-state index in [9.17, 15) is 0 Å². The lowest BCUT2D eigenvalue weighted by atomic mass is 10.0. The zero-order valence-electron chi connectivity index (χ0n) is 10.0. The van der Waals surface area contributed by atoms with Gasteiger partial charge in [0.25, 0.3) is 0 Å². The van der Waals surface area contributed by atoms with Crippen molar-refractivity contribution in [3.63, 3.8) is 0 Å². The molecule has 1 saturated heterocycles. The van der Waals surface area contributed by atoms with Gasteiger partial charge in [-0.1, -0.05) is 29.8 Å². The highest BCUT2D eigenvalue weighted by Crippen LogP contribution is 2.24. The first-order valence-electron chi connectivity index (χ1n) is 5.73. The molecular weight excluding hydrogens is 220 g/mol. The molecule has 1 heterocycles. The molecule has 1 aromatic carbocycles. The summed E-state index contributed by atoms with van der Waals surface area (Å²) in [5, 5.41) is 0. The highest BCUT2D eigenvalue weighted by Gasteiger charge is 2.24. The summed E-state index contributed by atoms with van der Waals surface area (Å²) in [6.07, 6.45) is 1.14. The van der Waals surface area contributed by atoms with Crippen molar-refractivity contribution in [1.29, 1.82) is 0 Å². The quantitative estimate of drug-likeness (QED) is 0.861. The number of halogens is 1. The second-order valence-corrected chi connectivity index (χ2v) is 4.63. The number of hydrogen-bond acceptors (Lipinski definition) is 2. The van der Waals surface area contributed by atoms with E-state index >= 15 is 0 Å². The van der Waals surface area contributed by atoms with Gasteiger partial charge >= 0.3 is 0 Å². The molecule has 2 nitrogen and oxygen atoms in total. The zero-order chi connectivity index (χ0) is 10.8. The van der Waals surface area contributed by atoms with Gasteiger partial charge in [0.1, 0.15) is 0 Å². The van der Waals surface area contributed by atoms with Crippen molar-refractivity contribution in [2.75, 3.05) is 13.1 Å². The number of hydrogen-bond donors (Lipinski definition) is 1. The first-order valence-corrected chi connectivity index (χ1v) is 5.73. The van der Waals surface area contributed by atoms with Gasteiger partial charge in [-0.15, -0.1) is 12.4 Å². The summed E-state index contributed by atoms with van der Waals surface area (Å²) in [6.45, 7) is 6.59. The van der Waals surface area contributed by atoms with Crippen molar-refractivity contribution in [3.8, 4) is 0 Å². The Kier molecular flexibility index (Phi) is 4.78. The third kappa shape index (κ3) is 2.97. The first kappa shape index (κ1) is 13.5. The Morgan fingerprint density at radius 3 is 2.75 bits per heavy atom. The van der Waals surface area contributed by atoms with Gasteiger partial charge in [0, 0.05) is 25.2 Å². The Morgan fingerprint density at radius 2 is 2.19 bits per heavy atom. The predicted molar refractivity (Wildman–Crippen MR) is 71.0 cm³/mol. The lowest BCUT2D eigenvalue weighted by molar-refractivity contribution is 0.260. The SMILES string of the molecule is Cc1cccc(C(C)N2CC[C@@H](N)C2)c1.Cl. The van der Waals surface area contributed by atoms with Crippen molar-refractivity contribution in [2.24, 2.45) is 5.73 Å². The molecule has 2 N–H and O–H groups in total. The minimum atomic E-state index is 0. The minimum absolute atomic E-state index is 0. The summed E-state index contributed by atoms with van der Waals surface area (Å²) in [5.41, 5.74) is 8.67. The number of nitrogens with zero attached hydrogens (tertiary/aromatic N) is 1. The van der Waals surface area contributed by atoms with Gasteiger partial charge < -0.3 is 5.73 Å². The van der Waals surface area contributed by atoms with Crippen molar-refractivity contribution in [3.05, 3.63) is 35.4 Å². The van der Waals surface area contributed by atoms with Crippen LogP contribution in [0.25, 0.3) is 0 Å². The first-order chi connectivity index (χ1) is 7.16. The van der Waals surface area contributed by atoms with Gasteiger partial charge in [0.15, 0.2) is 0 Å². The van der Waals surface area contributed by atoms with Crippen molar-refractivity contribution in [1.82, 2.24) is 4.90 Å². The monoisotopic (exact) mass is 240 g/mol. The summed E-state index contributed by atoms with van der Waals surface area (Å²) in [5.74, 6) is 0. The molecule has 2 rings (SSSR count). The normalized spacial score (nSPS) is 22.8. The number of rotatable bonds is 2. The lowest BCUT2D eigenvalue weighted by Gasteiger charge is -2.24. The number of aryl methyl sites for hydroxylation is 1.